The zero-order chi connectivity index (χ0) is 33.8. The van der Waals surface area contributed by atoms with Crippen molar-refractivity contribution in [3.8, 4) is 0 Å². The van der Waals surface area contributed by atoms with Gasteiger partial charge in [0.05, 0.1) is 6.61 Å². The molecule has 46 heavy (non-hydrogen) atoms. The predicted molar refractivity (Wildman–Crippen MR) is 191 cm³/mol. The molecule has 0 saturated carbocycles. The molecule has 0 bridgehead atoms. The molecule has 0 fully saturated rings. The van der Waals surface area contributed by atoms with Crippen LogP contribution in [-0.4, -0.2) is 43.9 Å². The summed E-state index contributed by atoms with van der Waals surface area (Å²) in [5.74, 6) is -0.219. The minimum atomic E-state index is -0.318. The molecule has 0 saturated heterocycles. The van der Waals surface area contributed by atoms with Crippen molar-refractivity contribution in [1.82, 2.24) is 5.32 Å². The lowest BCUT2D eigenvalue weighted by atomic mass is 10.00. The minimum absolute atomic E-state index is 0.110. The molecule has 0 aliphatic carbocycles. The summed E-state index contributed by atoms with van der Waals surface area (Å²) in [5, 5.41) is 3.07. The maximum atomic E-state index is 12.2. The lowest BCUT2D eigenvalue weighted by molar-refractivity contribution is -0.143. The molecule has 0 aromatic carbocycles. The smallest absolute Gasteiger partial charge is 0.407 e. The average Bonchev–Trinajstić information content (AvgIpc) is 3.05. The molecule has 0 aliphatic heterocycles. The van der Waals surface area contributed by atoms with Crippen molar-refractivity contribution in [2.45, 2.75) is 187 Å². The summed E-state index contributed by atoms with van der Waals surface area (Å²) in [7, 11) is 0. The summed E-state index contributed by atoms with van der Waals surface area (Å²) >= 11 is 0. The van der Waals surface area contributed by atoms with E-state index in [2.05, 4.69) is 31.3 Å². The van der Waals surface area contributed by atoms with Crippen LogP contribution in [0, 0.1) is 0 Å². The number of amides is 1. The van der Waals surface area contributed by atoms with Gasteiger partial charge in [0.15, 0.2) is 0 Å². The average molecular weight is 650 g/mol. The fraction of sp³-hybridized carbons (Fsp3) is 0.821. The zero-order valence-corrected chi connectivity index (χ0v) is 30.1. The Kier molecular flexibility index (Phi) is 33.8. The van der Waals surface area contributed by atoms with Crippen LogP contribution < -0.4 is 5.32 Å². The molecule has 0 aliphatic rings. The summed E-state index contributed by atoms with van der Waals surface area (Å²) in [6.07, 6.45) is 33.8. The number of unbranched alkanes of at least 4 members (excludes halogenated alkanes) is 16. The zero-order valence-electron chi connectivity index (χ0n) is 30.1. The normalized spacial score (nSPS) is 11.5. The number of alkyl carbamates (subject to hydrolysis) is 1. The second-order valence-electron chi connectivity index (χ2n) is 12.6. The third-order valence-corrected chi connectivity index (χ3v) is 8.09. The Hall–Kier alpha value is -2.31. The highest BCUT2D eigenvalue weighted by Crippen LogP contribution is 2.15. The predicted octanol–water partition coefficient (Wildman–Crippen LogP) is 11.1. The van der Waals surface area contributed by atoms with Crippen LogP contribution in [0.25, 0.3) is 0 Å². The highest BCUT2D eigenvalue weighted by molar-refractivity contribution is 5.69. The van der Waals surface area contributed by atoms with E-state index >= 15 is 0 Å². The van der Waals surface area contributed by atoms with Gasteiger partial charge in [-0.3, -0.25) is 9.59 Å². The quantitative estimate of drug-likeness (QED) is 0.0329. The van der Waals surface area contributed by atoms with E-state index in [-0.39, 0.29) is 24.1 Å². The van der Waals surface area contributed by atoms with Crippen molar-refractivity contribution in [3.63, 3.8) is 0 Å². The first kappa shape index (κ1) is 43.7. The summed E-state index contributed by atoms with van der Waals surface area (Å²) in [5.41, 5.74) is 0. The number of hydrogen-bond donors (Lipinski definition) is 1. The van der Waals surface area contributed by atoms with E-state index in [9.17, 15) is 14.4 Å². The number of carbonyl (C=O) groups excluding carboxylic acids is 3. The van der Waals surface area contributed by atoms with Gasteiger partial charge in [0.25, 0.3) is 0 Å². The van der Waals surface area contributed by atoms with Crippen molar-refractivity contribution < 1.29 is 28.6 Å². The second-order valence-corrected chi connectivity index (χ2v) is 12.6. The topological polar surface area (TPSA) is 90.9 Å². The number of ether oxygens (including phenoxy) is 3. The molecule has 0 heterocycles. The molecule has 1 amide bonds. The number of rotatable bonds is 33. The highest BCUT2D eigenvalue weighted by atomic mass is 16.5. The van der Waals surface area contributed by atoms with Crippen LogP contribution in [0.5, 0.6) is 0 Å². The van der Waals surface area contributed by atoms with Crippen molar-refractivity contribution >= 4 is 18.0 Å². The van der Waals surface area contributed by atoms with Crippen LogP contribution in [0.4, 0.5) is 4.79 Å². The van der Waals surface area contributed by atoms with Gasteiger partial charge in [0.1, 0.15) is 13.2 Å². The van der Waals surface area contributed by atoms with E-state index in [0.29, 0.717) is 32.7 Å². The molecule has 0 radical (unpaired) electrons. The molecule has 0 rings (SSSR count). The van der Waals surface area contributed by atoms with Gasteiger partial charge in [-0.1, -0.05) is 135 Å². The van der Waals surface area contributed by atoms with E-state index < -0.39 is 0 Å². The van der Waals surface area contributed by atoms with Crippen molar-refractivity contribution in [2.75, 3.05) is 19.8 Å². The summed E-state index contributed by atoms with van der Waals surface area (Å²) < 4.78 is 15.9. The third-order valence-electron chi connectivity index (χ3n) is 8.09. The lowest BCUT2D eigenvalue weighted by Crippen LogP contribution is -2.35. The lowest BCUT2D eigenvalue weighted by Gasteiger charge is -2.18. The van der Waals surface area contributed by atoms with Gasteiger partial charge in [-0.25, -0.2) is 4.79 Å². The molecular weight excluding hydrogens is 578 g/mol. The van der Waals surface area contributed by atoms with Crippen LogP contribution >= 0.6 is 0 Å². The molecule has 0 unspecified atom stereocenters. The first-order chi connectivity index (χ1) is 22.5. The van der Waals surface area contributed by atoms with Crippen LogP contribution in [0.2, 0.25) is 0 Å². The molecule has 0 aromatic heterocycles. The van der Waals surface area contributed by atoms with Crippen molar-refractivity contribution in [3.05, 3.63) is 24.3 Å². The number of carbonyl (C=O) groups is 3. The van der Waals surface area contributed by atoms with E-state index in [1.54, 1.807) is 0 Å². The first-order valence-electron chi connectivity index (χ1n) is 19.1. The maximum Gasteiger partial charge on any atom is 0.407 e. The van der Waals surface area contributed by atoms with E-state index in [4.69, 9.17) is 14.2 Å². The third kappa shape index (κ3) is 33.1. The first-order valence-corrected chi connectivity index (χ1v) is 19.1. The maximum absolute atomic E-state index is 12.2. The summed E-state index contributed by atoms with van der Waals surface area (Å²) in [6.45, 7) is 7.62. The number of esters is 2. The minimum Gasteiger partial charge on any atom is -0.461 e. The van der Waals surface area contributed by atoms with Gasteiger partial charge in [0.2, 0.25) is 0 Å². The Balaban J connectivity index is 3.98. The largest absolute Gasteiger partial charge is 0.461 e. The van der Waals surface area contributed by atoms with Crippen LogP contribution in [0.15, 0.2) is 24.3 Å². The number of allylic oxidation sites excluding steroid dienone is 2. The monoisotopic (exact) mass is 650 g/mol. The highest BCUT2D eigenvalue weighted by Gasteiger charge is 2.13. The van der Waals surface area contributed by atoms with Crippen LogP contribution in [-0.2, 0) is 23.8 Å². The fourth-order valence-electron chi connectivity index (χ4n) is 5.25. The second kappa shape index (κ2) is 35.5. The molecule has 268 valence electrons. The van der Waals surface area contributed by atoms with Gasteiger partial charge >= 0.3 is 18.0 Å². The van der Waals surface area contributed by atoms with Gasteiger partial charge in [-0.2, -0.15) is 0 Å². The molecular formula is C39H71NO6. The Morgan fingerprint density at radius 1 is 0.500 bits per heavy atom. The van der Waals surface area contributed by atoms with Crippen LogP contribution in [0.1, 0.15) is 181 Å². The summed E-state index contributed by atoms with van der Waals surface area (Å²) in [4.78, 5) is 36.1. The van der Waals surface area contributed by atoms with E-state index in [1.807, 2.05) is 19.1 Å². The molecule has 1 N–H and O–H groups in total. The molecule has 0 spiro atoms. The number of nitrogens with one attached hydrogen (secondary N) is 1. The van der Waals surface area contributed by atoms with Gasteiger partial charge < -0.3 is 19.5 Å². The van der Waals surface area contributed by atoms with Gasteiger partial charge in [-0.15, -0.1) is 0 Å². The molecule has 7 nitrogen and oxygen atoms in total. The Labute approximate surface area is 283 Å². The standard InChI is InChI=1S/C39H71NO6/c1-4-7-9-11-13-21-27-34-44-37(41)31-25-19-15-17-23-29-36(40-39(43)46-33-6-3)30-24-18-16-20-26-32-38(42)45-35-28-22-14-12-10-8-5-2/h21-22,27-28,36H,4-20,23-26,29-35H2,1-3H3,(H,40,43)/b27-21-,28-22-. The molecule has 0 atom stereocenters. The SMILES string of the molecule is CCCCCC/C=C\COC(=O)CCCCCCCC(CCCCCCCC(=O)OC/C=C\CCCCCC)NC(=O)OCCC. The van der Waals surface area contributed by atoms with E-state index in [1.165, 1.54) is 51.4 Å². The van der Waals surface area contributed by atoms with E-state index in [0.717, 1.165) is 96.3 Å². The Morgan fingerprint density at radius 2 is 0.935 bits per heavy atom. The van der Waals surface area contributed by atoms with Crippen LogP contribution in [0.3, 0.4) is 0 Å². The molecule has 7 heteroatoms. The van der Waals surface area contributed by atoms with Crippen molar-refractivity contribution in [2.24, 2.45) is 0 Å². The Bertz CT molecular complexity index is 714. The fourth-order valence-corrected chi connectivity index (χ4v) is 5.25. The number of hydrogen-bond acceptors (Lipinski definition) is 6. The molecule has 0 aromatic rings. The van der Waals surface area contributed by atoms with Crippen molar-refractivity contribution in [1.29, 1.82) is 0 Å². The van der Waals surface area contributed by atoms with Gasteiger partial charge in [-0.05, 0) is 57.8 Å². The van der Waals surface area contributed by atoms with Gasteiger partial charge in [0, 0.05) is 18.9 Å². The Morgan fingerprint density at radius 3 is 1.39 bits per heavy atom. The summed E-state index contributed by atoms with van der Waals surface area (Å²) in [6, 6.07) is 0.119.